The van der Waals surface area contributed by atoms with Crippen LogP contribution in [0.5, 0.6) is 0 Å². The standard InChI is InChI=1S/C14H16N2O/c1-2-12-5-4-11(8-13(12)3-1)9-15-10-14-6-7-16-17-14/h4-8,15H,1-3,9-10H2. The van der Waals surface area contributed by atoms with E-state index < -0.39 is 0 Å². The molecule has 1 aliphatic carbocycles. The molecule has 0 spiro atoms. The van der Waals surface area contributed by atoms with Crippen molar-refractivity contribution in [2.75, 3.05) is 0 Å². The summed E-state index contributed by atoms with van der Waals surface area (Å²) < 4.78 is 5.03. The second-order valence-electron chi connectivity index (χ2n) is 4.54. The van der Waals surface area contributed by atoms with Gasteiger partial charge in [-0.05, 0) is 36.0 Å². The normalized spacial score (nSPS) is 13.9. The molecular weight excluding hydrogens is 212 g/mol. The Morgan fingerprint density at radius 2 is 2.06 bits per heavy atom. The summed E-state index contributed by atoms with van der Waals surface area (Å²) in [6.07, 6.45) is 5.48. The molecule has 3 heteroatoms. The molecule has 1 aliphatic rings. The highest BCUT2D eigenvalue weighted by Gasteiger charge is 2.10. The summed E-state index contributed by atoms with van der Waals surface area (Å²) in [5, 5.41) is 7.04. The van der Waals surface area contributed by atoms with Gasteiger partial charge in [-0.25, -0.2) is 0 Å². The Bertz CT molecular complexity index is 491. The molecule has 3 nitrogen and oxygen atoms in total. The highest BCUT2D eigenvalue weighted by molar-refractivity contribution is 5.35. The lowest BCUT2D eigenvalue weighted by molar-refractivity contribution is 0.373. The summed E-state index contributed by atoms with van der Waals surface area (Å²) >= 11 is 0. The van der Waals surface area contributed by atoms with Gasteiger partial charge in [0.2, 0.25) is 0 Å². The molecule has 1 N–H and O–H groups in total. The summed E-state index contributed by atoms with van der Waals surface area (Å²) in [5.74, 6) is 0.881. The predicted molar refractivity (Wildman–Crippen MR) is 65.5 cm³/mol. The minimum atomic E-state index is 0.733. The molecule has 1 heterocycles. The van der Waals surface area contributed by atoms with Crippen LogP contribution in [0.4, 0.5) is 0 Å². The van der Waals surface area contributed by atoms with Crippen LogP contribution in [-0.4, -0.2) is 5.16 Å². The van der Waals surface area contributed by atoms with Crippen LogP contribution in [0.15, 0.2) is 35.0 Å². The van der Waals surface area contributed by atoms with E-state index in [0.29, 0.717) is 0 Å². The molecule has 0 atom stereocenters. The number of aryl methyl sites for hydroxylation is 2. The summed E-state index contributed by atoms with van der Waals surface area (Å²) in [6, 6.07) is 8.71. The molecule has 88 valence electrons. The largest absolute Gasteiger partial charge is 0.360 e. The second-order valence-corrected chi connectivity index (χ2v) is 4.54. The molecule has 3 rings (SSSR count). The van der Waals surface area contributed by atoms with E-state index in [4.69, 9.17) is 4.52 Å². The first kappa shape index (κ1) is 10.5. The third kappa shape index (κ3) is 2.39. The molecule has 1 aromatic carbocycles. The maximum absolute atomic E-state index is 5.03. The number of rotatable bonds is 4. The van der Waals surface area contributed by atoms with Gasteiger partial charge >= 0.3 is 0 Å². The van der Waals surface area contributed by atoms with E-state index in [1.54, 1.807) is 6.20 Å². The van der Waals surface area contributed by atoms with Crippen LogP contribution in [-0.2, 0) is 25.9 Å². The van der Waals surface area contributed by atoms with Gasteiger partial charge in [-0.2, -0.15) is 0 Å². The van der Waals surface area contributed by atoms with E-state index in [0.717, 1.165) is 18.8 Å². The third-order valence-corrected chi connectivity index (χ3v) is 3.28. The Balaban J connectivity index is 1.58. The quantitative estimate of drug-likeness (QED) is 0.873. The summed E-state index contributed by atoms with van der Waals surface area (Å²) in [5.41, 5.74) is 4.41. The fraction of sp³-hybridized carbons (Fsp3) is 0.357. The van der Waals surface area contributed by atoms with Crippen molar-refractivity contribution in [3.8, 4) is 0 Å². The molecule has 0 fully saturated rings. The zero-order chi connectivity index (χ0) is 11.5. The number of aromatic nitrogens is 1. The topological polar surface area (TPSA) is 38.1 Å². The first-order chi connectivity index (χ1) is 8.42. The SMILES string of the molecule is c1cc(CNCc2ccc3c(c2)CCC3)on1. The predicted octanol–water partition coefficient (Wildman–Crippen LogP) is 2.45. The van der Waals surface area contributed by atoms with Crippen LogP contribution < -0.4 is 5.32 Å². The van der Waals surface area contributed by atoms with E-state index in [1.165, 1.54) is 36.0 Å². The Morgan fingerprint density at radius 3 is 2.94 bits per heavy atom. The van der Waals surface area contributed by atoms with Crippen LogP contribution in [0, 0.1) is 0 Å². The minimum Gasteiger partial charge on any atom is -0.360 e. The van der Waals surface area contributed by atoms with Gasteiger partial charge in [-0.15, -0.1) is 0 Å². The van der Waals surface area contributed by atoms with Gasteiger partial charge in [0.15, 0.2) is 0 Å². The number of fused-ring (bicyclic) bond motifs is 1. The van der Waals surface area contributed by atoms with Crippen LogP contribution in [0.3, 0.4) is 0 Å². The van der Waals surface area contributed by atoms with Crippen LogP contribution in [0.25, 0.3) is 0 Å². The molecular formula is C14H16N2O. The Hall–Kier alpha value is -1.61. The Kier molecular flexibility index (Phi) is 2.92. The fourth-order valence-corrected chi connectivity index (χ4v) is 2.40. The van der Waals surface area contributed by atoms with Gasteiger partial charge in [0.1, 0.15) is 5.76 Å². The number of nitrogens with zero attached hydrogens (tertiary/aromatic N) is 1. The molecule has 0 amide bonds. The number of benzene rings is 1. The average molecular weight is 228 g/mol. The molecule has 0 radical (unpaired) electrons. The van der Waals surface area contributed by atoms with Gasteiger partial charge in [0, 0.05) is 12.6 Å². The zero-order valence-corrected chi connectivity index (χ0v) is 9.78. The lowest BCUT2D eigenvalue weighted by Crippen LogP contribution is -2.12. The first-order valence-corrected chi connectivity index (χ1v) is 6.13. The van der Waals surface area contributed by atoms with E-state index >= 15 is 0 Å². The maximum Gasteiger partial charge on any atom is 0.150 e. The van der Waals surface area contributed by atoms with E-state index in [9.17, 15) is 0 Å². The van der Waals surface area contributed by atoms with E-state index in [1.807, 2.05) is 6.07 Å². The zero-order valence-electron chi connectivity index (χ0n) is 9.78. The van der Waals surface area contributed by atoms with Crippen molar-refractivity contribution in [2.45, 2.75) is 32.4 Å². The molecule has 0 saturated carbocycles. The number of hydrogen-bond acceptors (Lipinski definition) is 3. The van der Waals surface area contributed by atoms with E-state index in [2.05, 4.69) is 28.7 Å². The highest BCUT2D eigenvalue weighted by atomic mass is 16.5. The van der Waals surface area contributed by atoms with Crippen molar-refractivity contribution in [3.63, 3.8) is 0 Å². The van der Waals surface area contributed by atoms with Gasteiger partial charge in [-0.1, -0.05) is 23.4 Å². The Labute approximate surface area is 101 Å². The number of hydrogen-bond donors (Lipinski definition) is 1. The molecule has 0 saturated heterocycles. The monoisotopic (exact) mass is 228 g/mol. The molecule has 0 aliphatic heterocycles. The number of nitrogens with one attached hydrogen (secondary N) is 1. The average Bonchev–Trinajstić information content (AvgIpc) is 2.98. The summed E-state index contributed by atoms with van der Waals surface area (Å²) in [4.78, 5) is 0. The summed E-state index contributed by atoms with van der Waals surface area (Å²) in [7, 11) is 0. The van der Waals surface area contributed by atoms with Crippen molar-refractivity contribution in [2.24, 2.45) is 0 Å². The third-order valence-electron chi connectivity index (χ3n) is 3.28. The van der Waals surface area contributed by atoms with Gasteiger partial charge in [0.05, 0.1) is 12.7 Å². The van der Waals surface area contributed by atoms with Crippen LogP contribution in [0.2, 0.25) is 0 Å². The molecule has 17 heavy (non-hydrogen) atoms. The lowest BCUT2D eigenvalue weighted by atomic mass is 10.1. The van der Waals surface area contributed by atoms with Gasteiger partial charge in [-0.3, -0.25) is 0 Å². The van der Waals surface area contributed by atoms with Gasteiger partial charge < -0.3 is 9.84 Å². The Morgan fingerprint density at radius 1 is 1.12 bits per heavy atom. The van der Waals surface area contributed by atoms with Crippen molar-refractivity contribution in [3.05, 3.63) is 52.9 Å². The van der Waals surface area contributed by atoms with Crippen LogP contribution in [0.1, 0.15) is 28.9 Å². The van der Waals surface area contributed by atoms with E-state index in [-0.39, 0.29) is 0 Å². The van der Waals surface area contributed by atoms with Gasteiger partial charge in [0.25, 0.3) is 0 Å². The maximum atomic E-state index is 5.03. The van der Waals surface area contributed by atoms with Crippen LogP contribution >= 0.6 is 0 Å². The minimum absolute atomic E-state index is 0.733. The highest BCUT2D eigenvalue weighted by Crippen LogP contribution is 2.22. The smallest absolute Gasteiger partial charge is 0.150 e. The molecule has 1 aromatic heterocycles. The first-order valence-electron chi connectivity index (χ1n) is 6.13. The molecule has 0 bridgehead atoms. The van der Waals surface area contributed by atoms with Crippen molar-refractivity contribution < 1.29 is 4.52 Å². The van der Waals surface area contributed by atoms with Crippen molar-refractivity contribution >= 4 is 0 Å². The second kappa shape index (κ2) is 4.72. The summed E-state index contributed by atoms with van der Waals surface area (Å²) in [6.45, 7) is 1.62. The van der Waals surface area contributed by atoms with Crippen molar-refractivity contribution in [1.29, 1.82) is 0 Å². The van der Waals surface area contributed by atoms with Crippen molar-refractivity contribution in [1.82, 2.24) is 10.5 Å². The molecule has 2 aromatic rings. The lowest BCUT2D eigenvalue weighted by Gasteiger charge is -2.05. The fourth-order valence-electron chi connectivity index (χ4n) is 2.40. The molecule has 0 unspecified atom stereocenters.